The summed E-state index contributed by atoms with van der Waals surface area (Å²) in [5, 5.41) is 4.65. The zero-order chi connectivity index (χ0) is 18.7. The Hall–Kier alpha value is -2.06. The molecular formula is C17H19BrClN5O2. The van der Waals surface area contributed by atoms with Crippen LogP contribution in [-0.2, 0) is 0 Å². The van der Waals surface area contributed by atoms with E-state index in [9.17, 15) is 9.59 Å². The molecule has 1 saturated heterocycles. The van der Waals surface area contributed by atoms with Gasteiger partial charge in [-0.1, -0.05) is 27.5 Å². The minimum absolute atomic E-state index is 0.294. The van der Waals surface area contributed by atoms with E-state index in [1.807, 2.05) is 24.0 Å². The van der Waals surface area contributed by atoms with Crippen LogP contribution >= 0.6 is 27.5 Å². The zero-order valence-corrected chi connectivity index (χ0v) is 16.5. The van der Waals surface area contributed by atoms with Crippen molar-refractivity contribution >= 4 is 39.5 Å². The van der Waals surface area contributed by atoms with Crippen LogP contribution in [0.15, 0.2) is 35.1 Å². The van der Waals surface area contributed by atoms with Gasteiger partial charge in [-0.25, -0.2) is 10.2 Å². The number of carbonyl (C=O) groups is 2. The Balaban J connectivity index is 1.49. The van der Waals surface area contributed by atoms with Crippen LogP contribution in [0.2, 0.25) is 5.02 Å². The van der Waals surface area contributed by atoms with Crippen LogP contribution < -0.4 is 10.9 Å². The van der Waals surface area contributed by atoms with Gasteiger partial charge in [0.1, 0.15) is 0 Å². The maximum Gasteiger partial charge on any atom is 0.336 e. The van der Waals surface area contributed by atoms with Crippen LogP contribution in [0.1, 0.15) is 34.8 Å². The first-order valence-electron chi connectivity index (χ1n) is 8.25. The lowest BCUT2D eigenvalue weighted by atomic mass is 10.1. The molecule has 1 aliphatic rings. The Labute approximate surface area is 164 Å². The number of urea groups is 1. The molecule has 3 rings (SSSR count). The number of aryl methyl sites for hydroxylation is 1. The smallest absolute Gasteiger partial charge is 0.323 e. The normalized spacial score (nSPS) is 15.0. The van der Waals surface area contributed by atoms with Crippen LogP contribution in [0.4, 0.5) is 4.79 Å². The molecule has 2 heterocycles. The number of hydrogen-bond donors (Lipinski definition) is 2. The average molecular weight is 441 g/mol. The summed E-state index contributed by atoms with van der Waals surface area (Å²) in [5.41, 5.74) is 6.27. The molecule has 0 aliphatic carbocycles. The minimum Gasteiger partial charge on any atom is -0.323 e. The molecule has 3 amide bonds. The van der Waals surface area contributed by atoms with Crippen LogP contribution in [-0.4, -0.2) is 39.7 Å². The highest BCUT2D eigenvalue weighted by molar-refractivity contribution is 9.10. The lowest BCUT2D eigenvalue weighted by Crippen LogP contribution is -2.51. The summed E-state index contributed by atoms with van der Waals surface area (Å²) < 4.78 is 2.74. The summed E-state index contributed by atoms with van der Waals surface area (Å²) in [6.45, 7) is 3.21. The van der Waals surface area contributed by atoms with Crippen LogP contribution in [0.3, 0.4) is 0 Å². The number of likely N-dealkylation sites (tertiary alicyclic amines) is 1. The fourth-order valence-electron chi connectivity index (χ4n) is 2.90. The summed E-state index contributed by atoms with van der Waals surface area (Å²) in [6.07, 6.45) is 5.49. The van der Waals surface area contributed by atoms with Crippen molar-refractivity contribution in [2.45, 2.75) is 25.8 Å². The third-order valence-electron chi connectivity index (χ3n) is 4.32. The second-order valence-corrected chi connectivity index (χ2v) is 7.55. The molecule has 0 radical (unpaired) electrons. The molecule has 0 atom stereocenters. The molecular weight excluding hydrogens is 422 g/mol. The van der Waals surface area contributed by atoms with Crippen LogP contribution in [0, 0.1) is 6.92 Å². The lowest BCUT2D eigenvalue weighted by Gasteiger charge is -2.32. The van der Waals surface area contributed by atoms with Gasteiger partial charge in [-0.3, -0.25) is 14.9 Å². The van der Waals surface area contributed by atoms with Crippen molar-refractivity contribution in [1.82, 2.24) is 25.5 Å². The SMILES string of the molecule is Cc1cnn(C2CCN(C(=O)NNC(=O)c3ccc(Br)cc3Cl)CC2)c1. The topological polar surface area (TPSA) is 79.3 Å². The standard InChI is InChI=1S/C17H19BrClN5O2/c1-11-9-20-24(10-11)13-4-6-23(7-5-13)17(26)22-21-16(25)14-3-2-12(18)8-15(14)19/h2-3,8-10,13H,4-7H2,1H3,(H,21,25)(H,22,26). The Morgan fingerprint density at radius 2 is 2.00 bits per heavy atom. The molecule has 0 saturated carbocycles. The molecule has 0 bridgehead atoms. The predicted molar refractivity (Wildman–Crippen MR) is 102 cm³/mol. The first kappa shape index (κ1) is 18.7. The molecule has 9 heteroatoms. The van der Waals surface area contributed by atoms with E-state index in [1.165, 1.54) is 0 Å². The first-order valence-corrected chi connectivity index (χ1v) is 9.42. The van der Waals surface area contributed by atoms with Gasteiger partial charge in [0, 0.05) is 23.8 Å². The number of rotatable bonds is 2. The van der Waals surface area contributed by atoms with Crippen molar-refractivity contribution in [3.63, 3.8) is 0 Å². The molecule has 138 valence electrons. The highest BCUT2D eigenvalue weighted by Crippen LogP contribution is 2.22. The lowest BCUT2D eigenvalue weighted by molar-refractivity contribution is 0.0926. The molecule has 2 N–H and O–H groups in total. The summed E-state index contributed by atoms with van der Waals surface area (Å²) in [7, 11) is 0. The number of halogens is 2. The largest absolute Gasteiger partial charge is 0.336 e. The maximum absolute atomic E-state index is 12.3. The number of benzene rings is 1. The molecule has 7 nitrogen and oxygen atoms in total. The summed E-state index contributed by atoms with van der Waals surface area (Å²) in [5.74, 6) is -0.460. The Morgan fingerprint density at radius 1 is 1.27 bits per heavy atom. The van der Waals surface area contributed by atoms with Gasteiger partial charge in [-0.2, -0.15) is 5.10 Å². The van der Waals surface area contributed by atoms with E-state index < -0.39 is 5.91 Å². The molecule has 1 aliphatic heterocycles. The van der Waals surface area contributed by atoms with E-state index in [0.29, 0.717) is 29.7 Å². The van der Waals surface area contributed by atoms with Crippen LogP contribution in [0.5, 0.6) is 0 Å². The molecule has 0 spiro atoms. The summed E-state index contributed by atoms with van der Waals surface area (Å²) in [6, 6.07) is 4.89. The summed E-state index contributed by atoms with van der Waals surface area (Å²) in [4.78, 5) is 26.1. The van der Waals surface area contributed by atoms with Crippen molar-refractivity contribution in [3.8, 4) is 0 Å². The van der Waals surface area contributed by atoms with Gasteiger partial charge in [-0.05, 0) is 43.5 Å². The van der Waals surface area contributed by atoms with E-state index in [4.69, 9.17) is 11.6 Å². The van der Waals surface area contributed by atoms with Crippen molar-refractivity contribution in [2.75, 3.05) is 13.1 Å². The van der Waals surface area contributed by atoms with Crippen LogP contribution in [0.25, 0.3) is 0 Å². The number of piperidine rings is 1. The number of hydrogen-bond acceptors (Lipinski definition) is 3. The van der Waals surface area contributed by atoms with Crippen molar-refractivity contribution in [1.29, 1.82) is 0 Å². The van der Waals surface area contributed by atoms with Gasteiger partial charge in [0.15, 0.2) is 0 Å². The van der Waals surface area contributed by atoms with Gasteiger partial charge in [0.05, 0.1) is 22.8 Å². The number of amides is 3. The summed E-state index contributed by atoms with van der Waals surface area (Å²) >= 11 is 9.33. The van der Waals surface area contributed by atoms with Crippen molar-refractivity contribution < 1.29 is 9.59 Å². The second kappa shape index (κ2) is 8.09. The third kappa shape index (κ3) is 4.37. The molecule has 1 aromatic heterocycles. The molecule has 1 aromatic carbocycles. The average Bonchev–Trinajstić information content (AvgIpc) is 3.06. The van der Waals surface area contributed by atoms with Crippen molar-refractivity contribution in [3.05, 3.63) is 51.2 Å². The number of carbonyl (C=O) groups excluding carboxylic acids is 2. The zero-order valence-electron chi connectivity index (χ0n) is 14.2. The monoisotopic (exact) mass is 439 g/mol. The third-order valence-corrected chi connectivity index (χ3v) is 5.12. The molecule has 26 heavy (non-hydrogen) atoms. The van der Waals surface area contributed by atoms with Gasteiger partial charge >= 0.3 is 6.03 Å². The number of nitrogens with zero attached hydrogens (tertiary/aromatic N) is 3. The molecule has 0 unspecified atom stereocenters. The Kier molecular flexibility index (Phi) is 5.83. The van der Waals surface area contributed by atoms with E-state index in [-0.39, 0.29) is 6.03 Å². The number of nitrogens with one attached hydrogen (secondary N) is 2. The molecule has 1 fully saturated rings. The molecule has 2 aromatic rings. The van der Waals surface area contributed by atoms with Gasteiger partial charge in [-0.15, -0.1) is 0 Å². The van der Waals surface area contributed by atoms with E-state index in [0.717, 1.165) is 22.9 Å². The predicted octanol–water partition coefficient (Wildman–Crippen LogP) is 3.30. The fourth-order valence-corrected chi connectivity index (χ4v) is 3.66. The van der Waals surface area contributed by atoms with Gasteiger partial charge < -0.3 is 4.90 Å². The van der Waals surface area contributed by atoms with E-state index in [2.05, 4.69) is 31.9 Å². The van der Waals surface area contributed by atoms with Gasteiger partial charge in [0.2, 0.25) is 0 Å². The van der Waals surface area contributed by atoms with Gasteiger partial charge in [0.25, 0.3) is 5.91 Å². The minimum atomic E-state index is -0.460. The first-order chi connectivity index (χ1) is 12.4. The highest BCUT2D eigenvalue weighted by Gasteiger charge is 2.24. The van der Waals surface area contributed by atoms with Crippen molar-refractivity contribution in [2.24, 2.45) is 0 Å². The second-order valence-electron chi connectivity index (χ2n) is 6.22. The number of aromatic nitrogens is 2. The Morgan fingerprint density at radius 3 is 2.62 bits per heavy atom. The highest BCUT2D eigenvalue weighted by atomic mass is 79.9. The number of hydrazine groups is 1. The van der Waals surface area contributed by atoms with E-state index in [1.54, 1.807) is 23.1 Å². The fraction of sp³-hybridized carbons (Fsp3) is 0.353. The Bertz CT molecular complexity index is 817. The maximum atomic E-state index is 12.3. The quantitative estimate of drug-likeness (QED) is 0.703. The van der Waals surface area contributed by atoms with E-state index >= 15 is 0 Å².